The highest BCUT2D eigenvalue weighted by Gasteiger charge is 2.22. The Morgan fingerprint density at radius 3 is 2.75 bits per heavy atom. The quantitative estimate of drug-likeness (QED) is 0.726. The molecule has 0 amide bonds. The average Bonchev–Trinajstić information content (AvgIpc) is 2.15. The molecule has 1 rings (SSSR count). The first-order valence-electron chi connectivity index (χ1n) is 5.14. The van der Waals surface area contributed by atoms with Crippen LogP contribution < -0.4 is 5.32 Å². The lowest BCUT2D eigenvalue weighted by atomic mass is 9.95. The van der Waals surface area contributed by atoms with Gasteiger partial charge in [-0.1, -0.05) is 19.8 Å². The van der Waals surface area contributed by atoms with E-state index < -0.39 is 0 Å². The standard InChI is InChI=1S/C10H21NS/c1-3-8-11-9-6-4-5-7-10(9)12-2/h9-11H,3-8H2,1-2H3. The molecule has 2 unspecified atom stereocenters. The Balaban J connectivity index is 2.26. The average molecular weight is 187 g/mol. The predicted molar refractivity (Wildman–Crippen MR) is 57.9 cm³/mol. The van der Waals surface area contributed by atoms with Gasteiger partial charge in [0.2, 0.25) is 0 Å². The monoisotopic (exact) mass is 187 g/mol. The van der Waals surface area contributed by atoms with Crippen molar-refractivity contribution in [3.05, 3.63) is 0 Å². The van der Waals surface area contributed by atoms with Crippen LogP contribution in [0.4, 0.5) is 0 Å². The third-order valence-corrected chi connectivity index (χ3v) is 3.83. The van der Waals surface area contributed by atoms with E-state index in [9.17, 15) is 0 Å². The highest BCUT2D eigenvalue weighted by atomic mass is 32.2. The number of rotatable bonds is 4. The lowest BCUT2D eigenvalue weighted by molar-refractivity contribution is 0.385. The van der Waals surface area contributed by atoms with Crippen LogP contribution in [0.3, 0.4) is 0 Å². The smallest absolute Gasteiger partial charge is 0.0198 e. The van der Waals surface area contributed by atoms with Crippen LogP contribution in [0.1, 0.15) is 39.0 Å². The molecular formula is C10H21NS. The summed E-state index contributed by atoms with van der Waals surface area (Å²) in [5, 5.41) is 4.53. The van der Waals surface area contributed by atoms with Gasteiger partial charge in [-0.15, -0.1) is 0 Å². The minimum absolute atomic E-state index is 0.800. The van der Waals surface area contributed by atoms with Crippen LogP contribution in [0.25, 0.3) is 0 Å². The van der Waals surface area contributed by atoms with Gasteiger partial charge >= 0.3 is 0 Å². The van der Waals surface area contributed by atoms with Crippen molar-refractivity contribution < 1.29 is 0 Å². The molecule has 72 valence electrons. The van der Waals surface area contributed by atoms with Crippen LogP contribution in [0.5, 0.6) is 0 Å². The number of nitrogens with one attached hydrogen (secondary N) is 1. The van der Waals surface area contributed by atoms with Gasteiger partial charge in [0.05, 0.1) is 0 Å². The highest BCUT2D eigenvalue weighted by Crippen LogP contribution is 2.26. The summed E-state index contributed by atoms with van der Waals surface area (Å²) in [6, 6.07) is 0.800. The van der Waals surface area contributed by atoms with E-state index in [0.29, 0.717) is 0 Å². The predicted octanol–water partition coefficient (Wildman–Crippen LogP) is 2.66. The minimum atomic E-state index is 0.800. The molecule has 0 spiro atoms. The highest BCUT2D eigenvalue weighted by molar-refractivity contribution is 7.99. The summed E-state index contributed by atoms with van der Waals surface area (Å²) in [6.45, 7) is 3.44. The maximum Gasteiger partial charge on any atom is 0.0198 e. The molecule has 0 aromatic rings. The van der Waals surface area contributed by atoms with Gasteiger partial charge in [0.25, 0.3) is 0 Å². The fourth-order valence-electron chi connectivity index (χ4n) is 1.94. The third kappa shape index (κ3) is 2.98. The maximum atomic E-state index is 3.65. The van der Waals surface area contributed by atoms with Gasteiger partial charge in [0.1, 0.15) is 0 Å². The second-order valence-corrected chi connectivity index (χ2v) is 4.70. The molecule has 2 atom stereocenters. The van der Waals surface area contributed by atoms with Crippen LogP contribution in [-0.4, -0.2) is 24.1 Å². The molecule has 0 aromatic heterocycles. The van der Waals surface area contributed by atoms with Crippen molar-refractivity contribution in [2.75, 3.05) is 12.8 Å². The Kier molecular flexibility index (Phi) is 5.08. The Labute approximate surface area is 80.7 Å². The molecule has 0 radical (unpaired) electrons. The molecule has 0 bridgehead atoms. The largest absolute Gasteiger partial charge is 0.313 e. The SMILES string of the molecule is CCCNC1CCCCC1SC. The van der Waals surface area contributed by atoms with Crippen LogP contribution in [0, 0.1) is 0 Å². The summed E-state index contributed by atoms with van der Waals surface area (Å²) in [7, 11) is 0. The van der Waals surface area contributed by atoms with E-state index in [1.807, 2.05) is 11.8 Å². The molecule has 1 aliphatic carbocycles. The van der Waals surface area contributed by atoms with Crippen molar-refractivity contribution in [2.45, 2.75) is 50.3 Å². The first kappa shape index (κ1) is 10.4. The number of hydrogen-bond donors (Lipinski definition) is 1. The van der Waals surface area contributed by atoms with E-state index in [1.165, 1.54) is 38.6 Å². The fraction of sp³-hybridized carbons (Fsp3) is 1.00. The fourth-order valence-corrected chi connectivity index (χ4v) is 2.91. The van der Waals surface area contributed by atoms with Gasteiger partial charge in [-0.3, -0.25) is 0 Å². The van der Waals surface area contributed by atoms with Crippen LogP contribution in [0.2, 0.25) is 0 Å². The van der Waals surface area contributed by atoms with Crippen LogP contribution >= 0.6 is 11.8 Å². The zero-order valence-corrected chi connectivity index (χ0v) is 9.12. The van der Waals surface area contributed by atoms with Gasteiger partial charge in [0, 0.05) is 11.3 Å². The Bertz CT molecular complexity index is 116. The summed E-state index contributed by atoms with van der Waals surface area (Å²) in [5.41, 5.74) is 0. The van der Waals surface area contributed by atoms with E-state index in [4.69, 9.17) is 0 Å². The Hall–Kier alpha value is 0.310. The lowest BCUT2D eigenvalue weighted by Crippen LogP contribution is -2.40. The molecule has 1 saturated carbocycles. The molecule has 1 nitrogen and oxygen atoms in total. The van der Waals surface area contributed by atoms with Crippen molar-refractivity contribution in [1.29, 1.82) is 0 Å². The van der Waals surface area contributed by atoms with Crippen molar-refractivity contribution in [2.24, 2.45) is 0 Å². The van der Waals surface area contributed by atoms with Gasteiger partial charge < -0.3 is 5.32 Å². The lowest BCUT2D eigenvalue weighted by Gasteiger charge is -2.31. The van der Waals surface area contributed by atoms with E-state index >= 15 is 0 Å². The van der Waals surface area contributed by atoms with Gasteiger partial charge in [0.15, 0.2) is 0 Å². The molecule has 1 aliphatic rings. The van der Waals surface area contributed by atoms with E-state index in [-0.39, 0.29) is 0 Å². The first-order chi connectivity index (χ1) is 5.88. The van der Waals surface area contributed by atoms with Gasteiger partial charge in [-0.25, -0.2) is 0 Å². The summed E-state index contributed by atoms with van der Waals surface area (Å²) in [5.74, 6) is 0. The van der Waals surface area contributed by atoms with Gasteiger partial charge in [-0.05, 0) is 32.1 Å². The summed E-state index contributed by atoms with van der Waals surface area (Å²) < 4.78 is 0. The number of thioether (sulfide) groups is 1. The van der Waals surface area contributed by atoms with Crippen molar-refractivity contribution in [3.63, 3.8) is 0 Å². The second kappa shape index (κ2) is 5.87. The topological polar surface area (TPSA) is 12.0 Å². The molecule has 0 aromatic carbocycles. The van der Waals surface area contributed by atoms with E-state index in [1.54, 1.807) is 0 Å². The van der Waals surface area contributed by atoms with Crippen LogP contribution in [-0.2, 0) is 0 Å². The van der Waals surface area contributed by atoms with Gasteiger partial charge in [-0.2, -0.15) is 11.8 Å². The number of hydrogen-bond acceptors (Lipinski definition) is 2. The Morgan fingerprint density at radius 1 is 1.33 bits per heavy atom. The molecule has 0 saturated heterocycles. The molecule has 1 fully saturated rings. The second-order valence-electron chi connectivity index (χ2n) is 3.62. The molecule has 1 N–H and O–H groups in total. The van der Waals surface area contributed by atoms with Crippen molar-refractivity contribution in [1.82, 2.24) is 5.32 Å². The summed E-state index contributed by atoms with van der Waals surface area (Å²) in [4.78, 5) is 0. The zero-order valence-electron chi connectivity index (χ0n) is 8.31. The zero-order chi connectivity index (χ0) is 8.81. The molecule has 12 heavy (non-hydrogen) atoms. The molecule has 0 heterocycles. The Morgan fingerprint density at radius 2 is 2.08 bits per heavy atom. The van der Waals surface area contributed by atoms with Crippen molar-refractivity contribution in [3.8, 4) is 0 Å². The molecule has 2 heteroatoms. The third-order valence-electron chi connectivity index (χ3n) is 2.66. The summed E-state index contributed by atoms with van der Waals surface area (Å²) in [6.07, 6.45) is 9.19. The first-order valence-corrected chi connectivity index (χ1v) is 6.43. The van der Waals surface area contributed by atoms with E-state index in [0.717, 1.165) is 11.3 Å². The minimum Gasteiger partial charge on any atom is -0.313 e. The normalized spacial score (nSPS) is 30.5. The molecule has 0 aliphatic heterocycles. The maximum absolute atomic E-state index is 3.65. The summed E-state index contributed by atoms with van der Waals surface area (Å²) >= 11 is 2.04. The van der Waals surface area contributed by atoms with E-state index in [2.05, 4.69) is 18.5 Å². The van der Waals surface area contributed by atoms with Crippen LogP contribution in [0.15, 0.2) is 0 Å². The van der Waals surface area contributed by atoms with Crippen molar-refractivity contribution >= 4 is 11.8 Å². The molecular weight excluding hydrogens is 166 g/mol.